The first-order valence-corrected chi connectivity index (χ1v) is 8.69. The fraction of sp³-hybridized carbons (Fsp3) is 0.278. The number of benzene rings is 2. The summed E-state index contributed by atoms with van der Waals surface area (Å²) in [6.45, 7) is -1.02. The number of nitrogens with zero attached hydrogens (tertiary/aromatic N) is 1. The van der Waals surface area contributed by atoms with Crippen molar-refractivity contribution in [1.29, 1.82) is 0 Å². The van der Waals surface area contributed by atoms with Crippen molar-refractivity contribution in [2.24, 2.45) is 0 Å². The topological polar surface area (TPSA) is 52.6 Å². The molecule has 1 atom stereocenters. The average molecular weight is 429 g/mol. The van der Waals surface area contributed by atoms with Crippen molar-refractivity contribution in [3.63, 3.8) is 0 Å². The number of β-amino-alcohol motifs (C(OH)–C–C–N with tert-alkyl or cyclic N) is 1. The summed E-state index contributed by atoms with van der Waals surface area (Å²) in [5.74, 6) is -0.766. The first-order chi connectivity index (χ1) is 12.3. The fourth-order valence-electron chi connectivity index (χ4n) is 3.19. The van der Waals surface area contributed by atoms with E-state index in [0.717, 1.165) is 0 Å². The Kier molecular flexibility index (Phi) is 4.98. The molecule has 2 aromatic rings. The lowest BCUT2D eigenvalue weighted by molar-refractivity contribution is -0.216. The summed E-state index contributed by atoms with van der Waals surface area (Å²) in [4.78, 5) is 13.5. The number of alkyl halides is 3. The Hall–Kier alpha value is -2.06. The molecule has 0 saturated heterocycles. The fourth-order valence-corrected chi connectivity index (χ4v) is 3.57. The molecule has 2 aromatic carbocycles. The zero-order valence-corrected chi connectivity index (χ0v) is 15.1. The van der Waals surface area contributed by atoms with E-state index in [1.54, 1.807) is 30.3 Å². The number of carbonyl (C=O) groups excluding carboxylic acids is 1. The molecule has 0 aliphatic carbocycles. The Bertz CT molecular complexity index is 828. The number of para-hydroxylation sites is 1. The van der Waals surface area contributed by atoms with Gasteiger partial charge in [-0.15, -0.1) is 0 Å². The lowest BCUT2D eigenvalue weighted by Gasteiger charge is -2.48. The Labute approximate surface area is 156 Å². The number of hydrogen-bond acceptors (Lipinski definition) is 3. The average Bonchev–Trinajstić information content (AvgIpc) is 2.59. The second-order valence-electron chi connectivity index (χ2n) is 5.98. The van der Waals surface area contributed by atoms with Gasteiger partial charge in [-0.25, -0.2) is 0 Å². The predicted octanol–water partition coefficient (Wildman–Crippen LogP) is 3.81. The van der Waals surface area contributed by atoms with Crippen molar-refractivity contribution in [3.05, 3.63) is 64.1 Å². The number of fused-ring (bicyclic) bond motifs is 1. The Morgan fingerprint density at radius 2 is 1.81 bits per heavy atom. The molecule has 4 nitrogen and oxygen atoms in total. The van der Waals surface area contributed by atoms with E-state index in [-0.39, 0.29) is 11.3 Å². The van der Waals surface area contributed by atoms with Crippen molar-refractivity contribution in [3.8, 4) is 0 Å². The van der Waals surface area contributed by atoms with Crippen LogP contribution in [0, 0.1) is 0 Å². The number of rotatable bonds is 4. The Morgan fingerprint density at radius 1 is 1.15 bits per heavy atom. The van der Waals surface area contributed by atoms with Gasteiger partial charge in [0.05, 0.1) is 12.3 Å². The largest absolute Gasteiger partial charge is 0.430 e. The van der Waals surface area contributed by atoms with Gasteiger partial charge in [0.25, 0.3) is 5.91 Å². The lowest BCUT2D eigenvalue weighted by atomic mass is 9.87. The monoisotopic (exact) mass is 428 g/mol. The van der Waals surface area contributed by atoms with Gasteiger partial charge in [-0.05, 0) is 39.7 Å². The normalized spacial score (nSPS) is 20.0. The van der Waals surface area contributed by atoms with E-state index in [2.05, 4.69) is 21.2 Å². The smallest absolute Gasteiger partial charge is 0.395 e. The molecule has 1 aliphatic heterocycles. The van der Waals surface area contributed by atoms with Gasteiger partial charge in [0.1, 0.15) is 0 Å². The van der Waals surface area contributed by atoms with E-state index >= 15 is 0 Å². The number of nitrogens with one attached hydrogen (secondary N) is 1. The number of halogens is 4. The van der Waals surface area contributed by atoms with E-state index in [1.165, 1.54) is 18.2 Å². The summed E-state index contributed by atoms with van der Waals surface area (Å²) < 4.78 is 43.3. The second-order valence-corrected chi connectivity index (χ2v) is 6.83. The van der Waals surface area contributed by atoms with Crippen molar-refractivity contribution in [1.82, 2.24) is 4.90 Å². The second kappa shape index (κ2) is 6.92. The van der Waals surface area contributed by atoms with Crippen LogP contribution in [0.25, 0.3) is 0 Å². The van der Waals surface area contributed by atoms with Crippen molar-refractivity contribution in [2.75, 3.05) is 18.5 Å². The van der Waals surface area contributed by atoms with Gasteiger partial charge < -0.3 is 15.3 Å². The highest BCUT2D eigenvalue weighted by atomic mass is 79.9. The molecule has 0 fully saturated rings. The van der Waals surface area contributed by atoms with Crippen LogP contribution in [0.4, 0.5) is 18.9 Å². The van der Waals surface area contributed by atoms with E-state index < -0.39 is 37.3 Å². The number of aliphatic hydroxyl groups excluding tert-OH is 1. The molecule has 0 radical (unpaired) electrons. The molecule has 1 unspecified atom stereocenters. The third-order valence-corrected chi connectivity index (χ3v) is 5.10. The lowest BCUT2D eigenvalue weighted by Crippen LogP contribution is -2.69. The molecule has 8 heteroatoms. The molecule has 3 rings (SSSR count). The van der Waals surface area contributed by atoms with E-state index in [0.29, 0.717) is 14.9 Å². The maximum absolute atomic E-state index is 14.3. The van der Waals surface area contributed by atoms with Crippen molar-refractivity contribution >= 4 is 27.5 Å². The highest BCUT2D eigenvalue weighted by Crippen LogP contribution is 2.44. The molecule has 1 aliphatic rings. The van der Waals surface area contributed by atoms with Crippen LogP contribution in [0.15, 0.2) is 53.0 Å². The van der Waals surface area contributed by atoms with Gasteiger partial charge in [-0.1, -0.05) is 30.3 Å². The van der Waals surface area contributed by atoms with E-state index in [1.807, 2.05) is 0 Å². The van der Waals surface area contributed by atoms with Gasteiger partial charge in [0.15, 0.2) is 0 Å². The molecule has 1 amide bonds. The number of carbonyl (C=O) groups is 1. The Balaban J connectivity index is 2.18. The number of hydrogen-bond donors (Lipinski definition) is 2. The van der Waals surface area contributed by atoms with Crippen molar-refractivity contribution < 1.29 is 23.1 Å². The zero-order chi connectivity index (χ0) is 18.9. The molecule has 0 saturated carbocycles. The minimum Gasteiger partial charge on any atom is -0.395 e. The molecule has 1 heterocycles. The first-order valence-electron chi connectivity index (χ1n) is 7.90. The summed E-state index contributed by atoms with van der Waals surface area (Å²) in [5.41, 5.74) is -1.93. The summed E-state index contributed by atoms with van der Waals surface area (Å²) in [6, 6.07) is 12.6. The number of amides is 1. The van der Waals surface area contributed by atoms with Gasteiger partial charge >= 0.3 is 6.18 Å². The zero-order valence-electron chi connectivity index (χ0n) is 13.6. The van der Waals surface area contributed by atoms with Gasteiger partial charge in [-0.2, -0.15) is 13.2 Å². The third kappa shape index (κ3) is 3.07. The van der Waals surface area contributed by atoms with Gasteiger partial charge in [-0.3, -0.25) is 4.79 Å². The van der Waals surface area contributed by atoms with Crippen molar-refractivity contribution in [2.45, 2.75) is 18.3 Å². The molecular formula is C18H16BrF3N2O2. The summed E-state index contributed by atoms with van der Waals surface area (Å²) in [5, 5.41) is 11.8. The molecule has 138 valence electrons. The molecule has 0 aromatic heterocycles. The first kappa shape index (κ1) is 18.7. The molecule has 2 N–H and O–H groups in total. The third-order valence-electron chi connectivity index (χ3n) is 4.41. The van der Waals surface area contributed by atoms with Crippen LogP contribution < -0.4 is 5.32 Å². The Morgan fingerprint density at radius 3 is 2.46 bits per heavy atom. The standard InChI is InChI=1S/C18H16BrF3N2O2/c19-14-7-3-4-8-15(14)23-17(18(20,21)22)11-12-5-1-2-6-13(12)16(26)24(17)9-10-25/h1-8,23,25H,9-11H2. The number of aliphatic hydroxyl groups is 1. The predicted molar refractivity (Wildman–Crippen MR) is 94.8 cm³/mol. The van der Waals surface area contributed by atoms with Crippen LogP contribution in [0.2, 0.25) is 0 Å². The summed E-state index contributed by atoms with van der Waals surface area (Å²) in [6.07, 6.45) is -5.24. The van der Waals surface area contributed by atoms with Crippen LogP contribution in [0.3, 0.4) is 0 Å². The highest BCUT2D eigenvalue weighted by Gasteiger charge is 2.62. The summed E-state index contributed by atoms with van der Waals surface area (Å²) in [7, 11) is 0. The van der Waals surface area contributed by atoms with Crippen LogP contribution >= 0.6 is 15.9 Å². The molecular weight excluding hydrogens is 413 g/mol. The quantitative estimate of drug-likeness (QED) is 0.778. The maximum Gasteiger partial charge on any atom is 0.430 e. The molecule has 0 spiro atoms. The minimum atomic E-state index is -4.78. The molecule has 0 bridgehead atoms. The van der Waals surface area contributed by atoms with Crippen LogP contribution in [0.1, 0.15) is 15.9 Å². The van der Waals surface area contributed by atoms with Crippen LogP contribution in [-0.4, -0.2) is 40.9 Å². The van der Waals surface area contributed by atoms with Crippen LogP contribution in [0.5, 0.6) is 0 Å². The van der Waals surface area contributed by atoms with E-state index in [9.17, 15) is 23.1 Å². The SMILES string of the molecule is O=C1c2ccccc2CC(Nc2ccccc2Br)(C(F)(F)F)N1CCO. The van der Waals surface area contributed by atoms with Gasteiger partial charge in [0.2, 0.25) is 5.66 Å². The summed E-state index contributed by atoms with van der Waals surface area (Å²) >= 11 is 3.24. The number of anilines is 1. The molecule has 26 heavy (non-hydrogen) atoms. The maximum atomic E-state index is 14.3. The van der Waals surface area contributed by atoms with Gasteiger partial charge in [0, 0.05) is 23.0 Å². The minimum absolute atomic E-state index is 0.208. The highest BCUT2D eigenvalue weighted by molar-refractivity contribution is 9.10. The van der Waals surface area contributed by atoms with Crippen LogP contribution in [-0.2, 0) is 6.42 Å². The van der Waals surface area contributed by atoms with E-state index in [4.69, 9.17) is 0 Å².